The molecule has 2 aromatic rings. The lowest BCUT2D eigenvalue weighted by atomic mass is 10.1. The van der Waals surface area contributed by atoms with Gasteiger partial charge in [0.2, 0.25) is 0 Å². The molecule has 2 aromatic carbocycles. The SMILES string of the molecule is Cc1ccc(C(=O)N2CC=CC(c3ccccc3)O2)cc1. The summed E-state index contributed by atoms with van der Waals surface area (Å²) >= 11 is 0. The Labute approximate surface area is 124 Å². The van der Waals surface area contributed by atoms with Crippen molar-refractivity contribution in [1.29, 1.82) is 0 Å². The van der Waals surface area contributed by atoms with E-state index in [2.05, 4.69) is 0 Å². The average molecular weight is 279 g/mol. The molecule has 3 nitrogen and oxygen atoms in total. The van der Waals surface area contributed by atoms with Crippen LogP contribution in [0.4, 0.5) is 0 Å². The Balaban J connectivity index is 1.77. The van der Waals surface area contributed by atoms with E-state index < -0.39 is 0 Å². The largest absolute Gasteiger partial charge is 0.277 e. The zero-order valence-electron chi connectivity index (χ0n) is 11.9. The summed E-state index contributed by atoms with van der Waals surface area (Å²) in [6, 6.07) is 17.4. The van der Waals surface area contributed by atoms with Crippen molar-refractivity contribution >= 4 is 5.91 Å². The fraction of sp³-hybridized carbons (Fsp3) is 0.167. The van der Waals surface area contributed by atoms with Crippen molar-refractivity contribution in [2.24, 2.45) is 0 Å². The number of carbonyl (C=O) groups excluding carboxylic acids is 1. The fourth-order valence-corrected chi connectivity index (χ4v) is 2.28. The number of benzene rings is 2. The molecule has 21 heavy (non-hydrogen) atoms. The second-order valence-corrected chi connectivity index (χ2v) is 5.10. The Morgan fingerprint density at radius 2 is 1.81 bits per heavy atom. The first kappa shape index (κ1) is 13.6. The number of rotatable bonds is 2. The van der Waals surface area contributed by atoms with Crippen LogP contribution in [0, 0.1) is 6.92 Å². The van der Waals surface area contributed by atoms with Gasteiger partial charge in [-0.05, 0) is 24.6 Å². The molecule has 0 aromatic heterocycles. The summed E-state index contributed by atoms with van der Waals surface area (Å²) in [6.07, 6.45) is 3.73. The van der Waals surface area contributed by atoms with Crippen LogP contribution in [0.3, 0.4) is 0 Å². The molecule has 1 amide bonds. The summed E-state index contributed by atoms with van der Waals surface area (Å²) < 4.78 is 0. The van der Waals surface area contributed by atoms with E-state index in [1.807, 2.05) is 73.7 Å². The summed E-state index contributed by atoms with van der Waals surface area (Å²) in [4.78, 5) is 18.3. The van der Waals surface area contributed by atoms with Crippen molar-refractivity contribution < 1.29 is 9.63 Å². The van der Waals surface area contributed by atoms with Crippen LogP contribution in [-0.4, -0.2) is 17.5 Å². The van der Waals surface area contributed by atoms with E-state index in [0.29, 0.717) is 12.1 Å². The molecule has 1 aliphatic heterocycles. The molecule has 1 unspecified atom stereocenters. The van der Waals surface area contributed by atoms with Gasteiger partial charge < -0.3 is 0 Å². The fourth-order valence-electron chi connectivity index (χ4n) is 2.28. The van der Waals surface area contributed by atoms with E-state index in [9.17, 15) is 4.79 Å². The molecule has 1 atom stereocenters. The number of hydrogen-bond donors (Lipinski definition) is 0. The van der Waals surface area contributed by atoms with Gasteiger partial charge >= 0.3 is 0 Å². The smallest absolute Gasteiger partial charge is 0.267 e. The van der Waals surface area contributed by atoms with Crippen molar-refractivity contribution in [3.63, 3.8) is 0 Å². The van der Waals surface area contributed by atoms with Crippen LogP contribution in [0.2, 0.25) is 0 Å². The van der Waals surface area contributed by atoms with Crippen LogP contribution in [0.25, 0.3) is 0 Å². The molecular weight excluding hydrogens is 262 g/mol. The number of carbonyl (C=O) groups is 1. The second kappa shape index (κ2) is 5.94. The van der Waals surface area contributed by atoms with E-state index >= 15 is 0 Å². The third kappa shape index (κ3) is 3.03. The minimum Gasteiger partial charge on any atom is -0.267 e. The summed E-state index contributed by atoms with van der Waals surface area (Å²) in [7, 11) is 0. The monoisotopic (exact) mass is 279 g/mol. The maximum atomic E-state index is 12.5. The minimum atomic E-state index is -0.214. The van der Waals surface area contributed by atoms with Crippen LogP contribution in [0.1, 0.15) is 27.6 Å². The maximum Gasteiger partial charge on any atom is 0.277 e. The van der Waals surface area contributed by atoms with Crippen LogP contribution in [0.15, 0.2) is 66.7 Å². The molecule has 1 heterocycles. The summed E-state index contributed by atoms with van der Waals surface area (Å²) in [6.45, 7) is 2.47. The number of hydrogen-bond acceptors (Lipinski definition) is 2. The van der Waals surface area contributed by atoms with Gasteiger partial charge in [0.25, 0.3) is 5.91 Å². The highest BCUT2D eigenvalue weighted by Gasteiger charge is 2.23. The van der Waals surface area contributed by atoms with E-state index in [1.165, 1.54) is 5.06 Å². The molecule has 0 saturated carbocycles. The van der Waals surface area contributed by atoms with Gasteiger partial charge in [0.15, 0.2) is 0 Å². The zero-order valence-corrected chi connectivity index (χ0v) is 11.9. The van der Waals surface area contributed by atoms with Gasteiger partial charge in [0.05, 0.1) is 6.54 Å². The maximum absolute atomic E-state index is 12.5. The average Bonchev–Trinajstić information content (AvgIpc) is 2.56. The predicted molar refractivity (Wildman–Crippen MR) is 81.6 cm³/mol. The number of hydroxylamine groups is 2. The van der Waals surface area contributed by atoms with Crippen molar-refractivity contribution in [3.8, 4) is 0 Å². The van der Waals surface area contributed by atoms with E-state index in [-0.39, 0.29) is 12.0 Å². The third-order valence-corrected chi connectivity index (χ3v) is 3.48. The van der Waals surface area contributed by atoms with Crippen LogP contribution in [0.5, 0.6) is 0 Å². The second-order valence-electron chi connectivity index (χ2n) is 5.10. The van der Waals surface area contributed by atoms with Gasteiger partial charge in [-0.1, -0.05) is 60.2 Å². The van der Waals surface area contributed by atoms with Crippen molar-refractivity contribution in [3.05, 3.63) is 83.4 Å². The molecule has 3 heteroatoms. The Hall–Kier alpha value is -2.39. The van der Waals surface area contributed by atoms with Gasteiger partial charge in [0, 0.05) is 5.56 Å². The third-order valence-electron chi connectivity index (χ3n) is 3.48. The molecule has 106 valence electrons. The lowest BCUT2D eigenvalue weighted by molar-refractivity contribution is -0.151. The summed E-state index contributed by atoms with van der Waals surface area (Å²) in [5, 5.41) is 1.42. The van der Waals surface area contributed by atoms with Gasteiger partial charge in [0.1, 0.15) is 6.10 Å². The highest BCUT2D eigenvalue weighted by atomic mass is 16.7. The lowest BCUT2D eigenvalue weighted by Crippen LogP contribution is -2.34. The molecule has 0 spiro atoms. The standard InChI is InChI=1S/C18H17NO2/c1-14-9-11-16(12-10-14)18(20)19-13-5-8-17(21-19)15-6-3-2-4-7-15/h2-12,17H,13H2,1H3. The molecule has 3 rings (SSSR count). The molecule has 0 radical (unpaired) electrons. The number of aryl methyl sites for hydroxylation is 1. The Kier molecular flexibility index (Phi) is 3.84. The topological polar surface area (TPSA) is 29.5 Å². The highest BCUT2D eigenvalue weighted by Crippen LogP contribution is 2.24. The molecule has 1 aliphatic rings. The zero-order chi connectivity index (χ0) is 14.7. The number of amides is 1. The molecule has 0 aliphatic carbocycles. The first-order chi connectivity index (χ1) is 10.2. The van der Waals surface area contributed by atoms with Crippen LogP contribution in [-0.2, 0) is 4.84 Å². The van der Waals surface area contributed by atoms with Gasteiger partial charge in [-0.15, -0.1) is 0 Å². The van der Waals surface area contributed by atoms with Crippen molar-refractivity contribution in [1.82, 2.24) is 5.06 Å². The molecule has 0 saturated heterocycles. The lowest BCUT2D eigenvalue weighted by Gasteiger charge is -2.28. The first-order valence-electron chi connectivity index (χ1n) is 7.01. The summed E-state index contributed by atoms with van der Waals surface area (Å²) in [5.74, 6) is -0.111. The number of nitrogens with zero attached hydrogens (tertiary/aromatic N) is 1. The normalized spacial score (nSPS) is 17.8. The van der Waals surface area contributed by atoms with Crippen molar-refractivity contribution in [2.45, 2.75) is 13.0 Å². The highest BCUT2D eigenvalue weighted by molar-refractivity contribution is 5.93. The minimum absolute atomic E-state index is 0.111. The van der Waals surface area contributed by atoms with Crippen LogP contribution >= 0.6 is 0 Å². The first-order valence-corrected chi connectivity index (χ1v) is 7.01. The molecular formula is C18H17NO2. The molecule has 0 fully saturated rings. The van der Waals surface area contributed by atoms with Gasteiger partial charge in [-0.2, -0.15) is 0 Å². The Morgan fingerprint density at radius 1 is 1.10 bits per heavy atom. The van der Waals surface area contributed by atoms with Crippen LogP contribution < -0.4 is 0 Å². The van der Waals surface area contributed by atoms with Gasteiger partial charge in [-0.25, -0.2) is 5.06 Å². The quantitative estimate of drug-likeness (QED) is 0.785. The predicted octanol–water partition coefficient (Wildman–Crippen LogP) is 3.68. The Bertz CT molecular complexity index is 647. The van der Waals surface area contributed by atoms with E-state index in [0.717, 1.165) is 11.1 Å². The molecule has 0 bridgehead atoms. The van der Waals surface area contributed by atoms with Gasteiger partial charge in [-0.3, -0.25) is 9.63 Å². The van der Waals surface area contributed by atoms with Crippen molar-refractivity contribution in [2.75, 3.05) is 6.54 Å². The van der Waals surface area contributed by atoms with E-state index in [1.54, 1.807) is 0 Å². The summed E-state index contributed by atoms with van der Waals surface area (Å²) in [5.41, 5.74) is 2.81. The van der Waals surface area contributed by atoms with E-state index in [4.69, 9.17) is 4.84 Å². The molecule has 0 N–H and O–H groups in total. The Morgan fingerprint density at radius 3 is 2.52 bits per heavy atom.